The summed E-state index contributed by atoms with van der Waals surface area (Å²) in [6, 6.07) is 11.4. The Kier molecular flexibility index (Phi) is 6.53. The number of carbonyl (C=O) groups is 2. The summed E-state index contributed by atoms with van der Waals surface area (Å²) in [6.45, 7) is 0. The number of aromatic nitrogens is 1. The van der Waals surface area contributed by atoms with Gasteiger partial charge in [-0.25, -0.2) is 9.18 Å². The van der Waals surface area contributed by atoms with E-state index >= 15 is 0 Å². The minimum Gasteiger partial charge on any atom is -0.493 e. The molecule has 1 N–H and O–H groups in total. The summed E-state index contributed by atoms with van der Waals surface area (Å²) in [5, 5.41) is 9.40. The largest absolute Gasteiger partial charge is 0.493 e. The molecule has 0 bridgehead atoms. The number of amides is 1. The summed E-state index contributed by atoms with van der Waals surface area (Å²) in [5.74, 6) is -1.61. The molecule has 170 valence electrons. The number of ether oxygens (including phenoxy) is 2. The Morgan fingerprint density at radius 3 is 2.48 bits per heavy atom. The Labute approximate surface area is 190 Å². The van der Waals surface area contributed by atoms with Gasteiger partial charge < -0.3 is 14.6 Å². The van der Waals surface area contributed by atoms with Crippen LogP contribution in [-0.4, -0.2) is 35.2 Å². The number of methoxy groups -OCH3 is 1. The minimum atomic E-state index is -1.30. The number of carboxylic acid groups (broad SMARTS) is 1. The van der Waals surface area contributed by atoms with Gasteiger partial charge in [0, 0.05) is 18.5 Å². The molecule has 7 nitrogen and oxygen atoms in total. The second kappa shape index (κ2) is 9.68. The molecule has 0 saturated heterocycles. The van der Waals surface area contributed by atoms with Crippen molar-refractivity contribution in [2.75, 3.05) is 12.0 Å². The van der Waals surface area contributed by atoms with Gasteiger partial charge in [-0.2, -0.15) is 0 Å². The lowest BCUT2D eigenvalue weighted by Gasteiger charge is -2.25. The number of benzene rings is 2. The molecule has 1 fully saturated rings. The molecule has 0 aliphatic heterocycles. The van der Waals surface area contributed by atoms with Gasteiger partial charge in [0.15, 0.2) is 11.5 Å². The molecule has 3 aromatic rings. The molecule has 1 aliphatic rings. The van der Waals surface area contributed by atoms with E-state index in [1.54, 1.807) is 30.3 Å². The van der Waals surface area contributed by atoms with Crippen LogP contribution in [0.1, 0.15) is 46.4 Å². The van der Waals surface area contributed by atoms with Gasteiger partial charge in [0.25, 0.3) is 5.91 Å². The van der Waals surface area contributed by atoms with E-state index in [1.807, 2.05) is 0 Å². The molecule has 8 heteroatoms. The number of hydrogen-bond acceptors (Lipinski definition) is 5. The van der Waals surface area contributed by atoms with Crippen molar-refractivity contribution in [1.29, 1.82) is 0 Å². The van der Waals surface area contributed by atoms with Crippen molar-refractivity contribution in [2.45, 2.75) is 31.8 Å². The average Bonchev–Trinajstić information content (AvgIpc) is 3.33. The molecular weight excluding hydrogens is 427 g/mol. The van der Waals surface area contributed by atoms with Crippen molar-refractivity contribution in [3.05, 3.63) is 77.9 Å². The Balaban J connectivity index is 1.83. The number of anilines is 2. The maximum absolute atomic E-state index is 14.3. The van der Waals surface area contributed by atoms with E-state index < -0.39 is 17.7 Å². The number of rotatable bonds is 7. The van der Waals surface area contributed by atoms with Gasteiger partial charge in [0.2, 0.25) is 0 Å². The van der Waals surface area contributed by atoms with Crippen LogP contribution in [0, 0.1) is 5.82 Å². The lowest BCUT2D eigenvalue weighted by molar-refractivity contribution is 0.0696. The Bertz CT molecular complexity index is 1160. The molecule has 33 heavy (non-hydrogen) atoms. The first-order valence-electron chi connectivity index (χ1n) is 10.6. The van der Waals surface area contributed by atoms with Gasteiger partial charge in [0.05, 0.1) is 35.7 Å². The fraction of sp³-hybridized carbons (Fsp3) is 0.240. The number of pyridine rings is 1. The highest BCUT2D eigenvalue weighted by Crippen LogP contribution is 2.38. The maximum Gasteiger partial charge on any atom is 0.335 e. The third kappa shape index (κ3) is 4.95. The van der Waals surface area contributed by atoms with E-state index in [2.05, 4.69) is 4.98 Å². The minimum absolute atomic E-state index is 0.0457. The molecule has 1 heterocycles. The molecule has 0 spiro atoms. The number of hydrogen-bond donors (Lipinski definition) is 1. The second-order valence-corrected chi connectivity index (χ2v) is 7.74. The van der Waals surface area contributed by atoms with Crippen molar-refractivity contribution in [3.63, 3.8) is 0 Å². The van der Waals surface area contributed by atoms with Gasteiger partial charge in [0.1, 0.15) is 5.82 Å². The summed E-state index contributed by atoms with van der Waals surface area (Å²) in [7, 11) is 1.53. The van der Waals surface area contributed by atoms with E-state index in [4.69, 9.17) is 9.47 Å². The second-order valence-electron chi connectivity index (χ2n) is 7.74. The number of carboxylic acids is 1. The van der Waals surface area contributed by atoms with Crippen LogP contribution in [0.15, 0.2) is 60.9 Å². The first kappa shape index (κ1) is 22.3. The molecule has 1 saturated carbocycles. The quantitative estimate of drug-likeness (QED) is 0.530. The highest BCUT2D eigenvalue weighted by molar-refractivity contribution is 6.11. The Morgan fingerprint density at radius 2 is 1.82 bits per heavy atom. The lowest BCUT2D eigenvalue weighted by Crippen LogP contribution is -2.26. The van der Waals surface area contributed by atoms with Crippen molar-refractivity contribution in [2.24, 2.45) is 0 Å². The zero-order valence-electron chi connectivity index (χ0n) is 18.0. The van der Waals surface area contributed by atoms with E-state index in [-0.39, 0.29) is 22.9 Å². The molecule has 0 unspecified atom stereocenters. The third-order valence-electron chi connectivity index (χ3n) is 5.50. The molecule has 1 amide bonds. The van der Waals surface area contributed by atoms with Crippen LogP contribution in [0.25, 0.3) is 0 Å². The van der Waals surface area contributed by atoms with Crippen LogP contribution in [-0.2, 0) is 0 Å². The number of carbonyl (C=O) groups excluding carboxylic acids is 1. The molecule has 1 aliphatic carbocycles. The maximum atomic E-state index is 14.3. The van der Waals surface area contributed by atoms with Crippen LogP contribution in [0.2, 0.25) is 0 Å². The predicted molar refractivity (Wildman–Crippen MR) is 120 cm³/mol. The smallest absolute Gasteiger partial charge is 0.335 e. The predicted octanol–water partition coefficient (Wildman–Crippen LogP) is 5.23. The van der Waals surface area contributed by atoms with E-state index in [9.17, 15) is 19.1 Å². The number of nitrogens with zero attached hydrogens (tertiary/aromatic N) is 2. The molecule has 1 aromatic heterocycles. The fourth-order valence-corrected chi connectivity index (χ4v) is 3.91. The summed E-state index contributed by atoms with van der Waals surface area (Å²) >= 11 is 0. The Hall–Kier alpha value is -3.94. The van der Waals surface area contributed by atoms with E-state index in [1.165, 1.54) is 30.5 Å². The van der Waals surface area contributed by atoms with Crippen LogP contribution in [0.4, 0.5) is 15.8 Å². The van der Waals surface area contributed by atoms with Crippen molar-refractivity contribution < 1.29 is 28.6 Å². The molecular formula is C25H23FN2O5. The summed E-state index contributed by atoms with van der Waals surface area (Å²) in [4.78, 5) is 30.2. The van der Waals surface area contributed by atoms with Crippen LogP contribution in [0.5, 0.6) is 11.5 Å². The normalized spacial score (nSPS) is 13.5. The van der Waals surface area contributed by atoms with Crippen molar-refractivity contribution >= 4 is 23.3 Å². The monoisotopic (exact) mass is 450 g/mol. The van der Waals surface area contributed by atoms with Crippen LogP contribution < -0.4 is 14.4 Å². The summed E-state index contributed by atoms with van der Waals surface area (Å²) < 4.78 is 25.9. The van der Waals surface area contributed by atoms with E-state index in [0.29, 0.717) is 17.2 Å². The SMILES string of the molecule is COc1ccc(N(C(=O)c2cccnc2)c2cc(F)cc(C(=O)O)c2)cc1OC1CCCC1. The van der Waals surface area contributed by atoms with E-state index in [0.717, 1.165) is 37.8 Å². The molecule has 2 aromatic carbocycles. The van der Waals surface area contributed by atoms with Gasteiger partial charge in [-0.1, -0.05) is 0 Å². The fourth-order valence-electron chi connectivity index (χ4n) is 3.91. The zero-order valence-corrected chi connectivity index (χ0v) is 18.0. The standard InChI is InChI=1S/C25H23FN2O5/c1-32-22-9-8-19(14-23(22)33-21-6-2-3-7-21)28(24(29)16-5-4-10-27-15-16)20-12-17(25(30)31)11-18(26)13-20/h4-5,8-15,21H,2-3,6-7H2,1H3,(H,30,31). The summed E-state index contributed by atoms with van der Waals surface area (Å²) in [6.07, 6.45) is 7.00. The Morgan fingerprint density at radius 1 is 1.03 bits per heavy atom. The van der Waals surface area contributed by atoms with Crippen molar-refractivity contribution in [1.82, 2.24) is 4.98 Å². The zero-order chi connectivity index (χ0) is 23.4. The number of aromatic carboxylic acids is 1. The topological polar surface area (TPSA) is 89.0 Å². The van der Waals surface area contributed by atoms with Gasteiger partial charge in [-0.15, -0.1) is 0 Å². The first-order chi connectivity index (χ1) is 16.0. The van der Waals surface area contributed by atoms with Crippen LogP contribution in [0.3, 0.4) is 0 Å². The first-order valence-corrected chi connectivity index (χ1v) is 10.6. The summed E-state index contributed by atoms with van der Waals surface area (Å²) in [5.41, 5.74) is 0.426. The van der Waals surface area contributed by atoms with Gasteiger partial charge in [-0.3, -0.25) is 14.7 Å². The molecule has 0 radical (unpaired) electrons. The number of halogens is 1. The van der Waals surface area contributed by atoms with Gasteiger partial charge in [-0.05, 0) is 68.1 Å². The molecule has 4 rings (SSSR count). The van der Waals surface area contributed by atoms with Crippen LogP contribution >= 0.6 is 0 Å². The highest BCUT2D eigenvalue weighted by Gasteiger charge is 2.25. The lowest BCUT2D eigenvalue weighted by atomic mass is 10.1. The average molecular weight is 450 g/mol. The van der Waals surface area contributed by atoms with Gasteiger partial charge >= 0.3 is 5.97 Å². The van der Waals surface area contributed by atoms with Crippen molar-refractivity contribution in [3.8, 4) is 11.5 Å². The highest BCUT2D eigenvalue weighted by atomic mass is 19.1. The third-order valence-corrected chi connectivity index (χ3v) is 5.50. The molecule has 0 atom stereocenters.